The van der Waals surface area contributed by atoms with Gasteiger partial charge in [-0.1, -0.05) is 18.2 Å². The molecule has 1 aromatic carbocycles. The maximum absolute atomic E-state index is 12.3. The molecule has 1 aromatic heterocycles. The fraction of sp³-hybridized carbons (Fsp3) is 0.333. The average molecular weight is 328 g/mol. The van der Waals surface area contributed by atoms with Gasteiger partial charge >= 0.3 is 5.97 Å². The molecule has 0 radical (unpaired) electrons. The third-order valence-corrected chi connectivity index (χ3v) is 4.18. The standard InChI is InChI=1S/C18H20N2O4/c1-23-18(22)17-14(6-8-24-17)11-20-16(21)9-12-3-2-4-13-10-19-7-5-15(12)13/h2-4,6,8,19H,5,7,9-11H2,1H3,(H,20,21). The second-order valence-electron chi connectivity index (χ2n) is 5.70. The highest BCUT2D eigenvalue weighted by molar-refractivity contribution is 5.88. The lowest BCUT2D eigenvalue weighted by atomic mass is 9.93. The Labute approximate surface area is 140 Å². The minimum atomic E-state index is -0.547. The van der Waals surface area contributed by atoms with Crippen molar-refractivity contribution in [3.8, 4) is 0 Å². The number of esters is 1. The molecular weight excluding hydrogens is 308 g/mol. The van der Waals surface area contributed by atoms with Gasteiger partial charge in [-0.25, -0.2) is 4.79 Å². The summed E-state index contributed by atoms with van der Waals surface area (Å²) in [5.41, 5.74) is 4.20. The van der Waals surface area contributed by atoms with Crippen LogP contribution in [0.4, 0.5) is 0 Å². The Bertz CT molecular complexity index is 751. The van der Waals surface area contributed by atoms with Crippen LogP contribution in [0.3, 0.4) is 0 Å². The largest absolute Gasteiger partial charge is 0.463 e. The van der Waals surface area contributed by atoms with Gasteiger partial charge in [0.25, 0.3) is 0 Å². The third-order valence-electron chi connectivity index (χ3n) is 4.18. The van der Waals surface area contributed by atoms with Crippen LogP contribution in [0.2, 0.25) is 0 Å². The van der Waals surface area contributed by atoms with Crippen LogP contribution in [0.1, 0.15) is 32.8 Å². The Morgan fingerprint density at radius 3 is 3.00 bits per heavy atom. The minimum Gasteiger partial charge on any atom is -0.463 e. The van der Waals surface area contributed by atoms with E-state index >= 15 is 0 Å². The van der Waals surface area contributed by atoms with Crippen LogP contribution < -0.4 is 10.6 Å². The second-order valence-corrected chi connectivity index (χ2v) is 5.70. The topological polar surface area (TPSA) is 80.6 Å². The first kappa shape index (κ1) is 16.3. The van der Waals surface area contributed by atoms with Gasteiger partial charge in [0.2, 0.25) is 11.7 Å². The number of carbonyl (C=O) groups excluding carboxylic acids is 2. The molecule has 1 aliphatic rings. The zero-order valence-electron chi connectivity index (χ0n) is 13.6. The molecule has 1 amide bonds. The van der Waals surface area contributed by atoms with Gasteiger partial charge in [0.15, 0.2) is 0 Å². The van der Waals surface area contributed by atoms with Crippen molar-refractivity contribution in [3.05, 3.63) is 58.5 Å². The molecular formula is C18H20N2O4. The predicted octanol–water partition coefficient (Wildman–Crippen LogP) is 1.57. The van der Waals surface area contributed by atoms with Crippen LogP contribution in [-0.2, 0) is 35.5 Å². The first-order valence-corrected chi connectivity index (χ1v) is 7.90. The lowest BCUT2D eigenvalue weighted by molar-refractivity contribution is -0.120. The summed E-state index contributed by atoms with van der Waals surface area (Å²) in [6.45, 7) is 2.02. The van der Waals surface area contributed by atoms with E-state index in [1.165, 1.54) is 24.5 Å². The molecule has 126 valence electrons. The predicted molar refractivity (Wildman–Crippen MR) is 87.5 cm³/mol. The van der Waals surface area contributed by atoms with Crippen LogP contribution in [0.5, 0.6) is 0 Å². The number of hydrogen-bond donors (Lipinski definition) is 2. The maximum atomic E-state index is 12.3. The Kier molecular flexibility index (Phi) is 4.96. The zero-order chi connectivity index (χ0) is 16.9. The lowest BCUT2D eigenvalue weighted by Gasteiger charge is -2.20. The molecule has 2 heterocycles. The molecule has 0 saturated carbocycles. The molecule has 2 aromatic rings. The van der Waals surface area contributed by atoms with Crippen molar-refractivity contribution in [3.63, 3.8) is 0 Å². The second kappa shape index (κ2) is 7.31. The summed E-state index contributed by atoms with van der Waals surface area (Å²) in [7, 11) is 1.29. The van der Waals surface area contributed by atoms with Crippen molar-refractivity contribution in [1.82, 2.24) is 10.6 Å². The van der Waals surface area contributed by atoms with Gasteiger partial charge in [-0.3, -0.25) is 4.79 Å². The monoisotopic (exact) mass is 328 g/mol. The number of amides is 1. The molecule has 1 aliphatic heterocycles. The summed E-state index contributed by atoms with van der Waals surface area (Å²) in [4.78, 5) is 23.8. The molecule has 3 rings (SSSR count). The van der Waals surface area contributed by atoms with E-state index in [9.17, 15) is 9.59 Å². The highest BCUT2D eigenvalue weighted by Crippen LogP contribution is 2.19. The highest BCUT2D eigenvalue weighted by atomic mass is 16.5. The van der Waals surface area contributed by atoms with Crippen LogP contribution >= 0.6 is 0 Å². The summed E-state index contributed by atoms with van der Waals surface area (Å²) in [5.74, 6) is -0.506. The zero-order valence-corrected chi connectivity index (χ0v) is 13.6. The number of fused-ring (bicyclic) bond motifs is 1. The fourth-order valence-electron chi connectivity index (χ4n) is 2.95. The van der Waals surface area contributed by atoms with E-state index < -0.39 is 5.97 Å². The van der Waals surface area contributed by atoms with Crippen molar-refractivity contribution < 1.29 is 18.7 Å². The van der Waals surface area contributed by atoms with E-state index in [1.807, 2.05) is 12.1 Å². The molecule has 6 nitrogen and oxygen atoms in total. The van der Waals surface area contributed by atoms with Crippen LogP contribution in [0.25, 0.3) is 0 Å². The maximum Gasteiger partial charge on any atom is 0.374 e. The SMILES string of the molecule is COC(=O)c1occc1CNC(=O)Cc1cccc2c1CCNC2. The van der Waals surface area contributed by atoms with Gasteiger partial charge in [-0.15, -0.1) is 0 Å². The molecule has 0 bridgehead atoms. The van der Waals surface area contributed by atoms with Gasteiger partial charge in [0.1, 0.15) is 0 Å². The summed E-state index contributed by atoms with van der Waals surface area (Å²) >= 11 is 0. The Morgan fingerprint density at radius 2 is 2.17 bits per heavy atom. The normalized spacial score (nSPS) is 13.2. The smallest absolute Gasteiger partial charge is 0.374 e. The Balaban J connectivity index is 1.63. The Morgan fingerprint density at radius 1 is 1.29 bits per heavy atom. The molecule has 0 spiro atoms. The summed E-state index contributed by atoms with van der Waals surface area (Å²) in [5, 5.41) is 6.17. The van der Waals surface area contributed by atoms with E-state index in [0.29, 0.717) is 12.0 Å². The number of furan rings is 1. The van der Waals surface area contributed by atoms with Crippen LogP contribution in [0.15, 0.2) is 34.9 Å². The molecule has 24 heavy (non-hydrogen) atoms. The summed E-state index contributed by atoms with van der Waals surface area (Å²) < 4.78 is 9.76. The minimum absolute atomic E-state index is 0.0843. The summed E-state index contributed by atoms with van der Waals surface area (Å²) in [6, 6.07) is 7.74. The fourth-order valence-corrected chi connectivity index (χ4v) is 2.95. The Hall–Kier alpha value is -2.60. The first-order chi connectivity index (χ1) is 11.7. The molecule has 0 fully saturated rings. The van der Waals surface area contributed by atoms with Crippen molar-refractivity contribution in [2.75, 3.05) is 13.7 Å². The number of ether oxygens (including phenoxy) is 1. The molecule has 0 aliphatic carbocycles. The molecule has 0 unspecified atom stereocenters. The number of methoxy groups -OCH3 is 1. The van der Waals surface area contributed by atoms with Crippen LogP contribution in [-0.4, -0.2) is 25.5 Å². The number of nitrogens with one attached hydrogen (secondary N) is 2. The lowest BCUT2D eigenvalue weighted by Crippen LogP contribution is -2.28. The van der Waals surface area contributed by atoms with Gasteiger partial charge < -0.3 is 19.8 Å². The van der Waals surface area contributed by atoms with E-state index in [-0.39, 0.29) is 18.2 Å². The highest BCUT2D eigenvalue weighted by Gasteiger charge is 2.17. The molecule has 2 N–H and O–H groups in total. The van der Waals surface area contributed by atoms with Crippen molar-refractivity contribution in [2.45, 2.75) is 25.9 Å². The van der Waals surface area contributed by atoms with Gasteiger partial charge in [0.05, 0.1) is 19.8 Å². The molecule has 0 saturated heterocycles. The van der Waals surface area contributed by atoms with Crippen molar-refractivity contribution in [1.29, 1.82) is 0 Å². The first-order valence-electron chi connectivity index (χ1n) is 7.90. The van der Waals surface area contributed by atoms with E-state index in [1.54, 1.807) is 6.07 Å². The molecule has 0 atom stereocenters. The summed E-state index contributed by atoms with van der Waals surface area (Å²) in [6.07, 6.45) is 2.68. The van der Waals surface area contributed by atoms with E-state index in [2.05, 4.69) is 21.4 Å². The average Bonchev–Trinajstić information content (AvgIpc) is 3.08. The quantitative estimate of drug-likeness (QED) is 0.815. The number of benzene rings is 1. The van der Waals surface area contributed by atoms with E-state index in [4.69, 9.17) is 4.42 Å². The van der Waals surface area contributed by atoms with Crippen molar-refractivity contribution in [2.24, 2.45) is 0 Å². The van der Waals surface area contributed by atoms with Gasteiger partial charge in [-0.05, 0) is 35.7 Å². The third kappa shape index (κ3) is 3.49. The van der Waals surface area contributed by atoms with Gasteiger partial charge in [0, 0.05) is 18.7 Å². The number of carbonyl (C=O) groups is 2. The van der Waals surface area contributed by atoms with Crippen molar-refractivity contribution >= 4 is 11.9 Å². The number of hydrogen-bond acceptors (Lipinski definition) is 5. The van der Waals surface area contributed by atoms with E-state index in [0.717, 1.165) is 25.1 Å². The van der Waals surface area contributed by atoms with Gasteiger partial charge in [-0.2, -0.15) is 0 Å². The van der Waals surface area contributed by atoms with Crippen LogP contribution in [0, 0.1) is 0 Å². The number of rotatable bonds is 5. The molecule has 6 heteroatoms.